The Hall–Kier alpha value is -3.03. The number of carboxylic acids is 1. The highest BCUT2D eigenvalue weighted by Crippen LogP contribution is 2.32. The zero-order valence-electron chi connectivity index (χ0n) is 19.6. The van der Waals surface area contributed by atoms with Crippen LogP contribution in [0.25, 0.3) is 22.2 Å². The number of nitrogens with zero attached hydrogens (tertiary/aromatic N) is 3. The minimum atomic E-state index is -0.928. The minimum absolute atomic E-state index is 0.265. The second-order valence-electron chi connectivity index (χ2n) is 8.46. The van der Waals surface area contributed by atoms with Gasteiger partial charge in [0.15, 0.2) is 0 Å². The third-order valence-corrected chi connectivity index (χ3v) is 6.98. The number of hydrogen-bond donors (Lipinski definition) is 2. The molecular formula is C26H27ClN4O2S. The van der Waals surface area contributed by atoms with E-state index in [0.29, 0.717) is 17.9 Å². The quantitative estimate of drug-likeness (QED) is 0.266. The third kappa shape index (κ3) is 5.05. The zero-order valence-corrected chi connectivity index (χ0v) is 21.2. The molecule has 0 fully saturated rings. The number of anilines is 1. The normalized spacial score (nSPS) is 11.4. The van der Waals surface area contributed by atoms with Crippen molar-refractivity contribution in [3.8, 4) is 11.3 Å². The number of rotatable bonds is 8. The van der Waals surface area contributed by atoms with Gasteiger partial charge in [-0.05, 0) is 43.7 Å². The van der Waals surface area contributed by atoms with E-state index >= 15 is 0 Å². The summed E-state index contributed by atoms with van der Waals surface area (Å²) in [5.74, 6) is -0.218. The van der Waals surface area contributed by atoms with Crippen molar-refractivity contribution in [2.24, 2.45) is 0 Å². The molecule has 8 heteroatoms. The van der Waals surface area contributed by atoms with Crippen LogP contribution in [0.5, 0.6) is 0 Å². The monoisotopic (exact) mass is 494 g/mol. The molecule has 2 aromatic carbocycles. The number of benzene rings is 2. The van der Waals surface area contributed by atoms with Crippen LogP contribution in [0.15, 0.2) is 53.7 Å². The van der Waals surface area contributed by atoms with Crippen LogP contribution < -0.4 is 5.32 Å². The summed E-state index contributed by atoms with van der Waals surface area (Å²) in [5.41, 5.74) is 5.31. The Morgan fingerprint density at radius 2 is 1.94 bits per heavy atom. The molecule has 4 rings (SSSR count). The van der Waals surface area contributed by atoms with E-state index in [2.05, 4.69) is 39.8 Å². The number of fused-ring (bicyclic) bond motifs is 1. The second-order valence-corrected chi connectivity index (χ2v) is 10.5. The molecular weight excluding hydrogens is 468 g/mol. The van der Waals surface area contributed by atoms with Gasteiger partial charge in [0.1, 0.15) is 12.1 Å². The van der Waals surface area contributed by atoms with E-state index in [0.717, 1.165) is 38.9 Å². The van der Waals surface area contributed by atoms with Gasteiger partial charge in [0.2, 0.25) is 0 Å². The number of aryl methyl sites for hydroxylation is 2. The average molecular weight is 495 g/mol. The van der Waals surface area contributed by atoms with Crippen molar-refractivity contribution in [2.45, 2.75) is 44.4 Å². The molecule has 0 radical (unpaired) electrons. The standard InChI is InChI=1S/C26H27ClN4O2S/c1-15(2)34-23-12-18(6-7-19(23)26(32)33)22-13-24(30-14-29-22)28-9-10-31-17(4)11-20-16(3)5-8-21(27)25(20)31/h5-8,11-15H,9-10H2,1-4H3,(H,32,33)(H,28,29,30). The van der Waals surface area contributed by atoms with Crippen LogP contribution in [-0.4, -0.2) is 37.4 Å². The number of carbonyl (C=O) groups is 1. The van der Waals surface area contributed by atoms with Gasteiger partial charge in [-0.1, -0.05) is 37.6 Å². The van der Waals surface area contributed by atoms with Gasteiger partial charge >= 0.3 is 5.97 Å². The van der Waals surface area contributed by atoms with Crippen LogP contribution in [-0.2, 0) is 6.54 Å². The molecule has 0 saturated carbocycles. The molecule has 6 nitrogen and oxygen atoms in total. The molecule has 0 unspecified atom stereocenters. The van der Waals surface area contributed by atoms with E-state index in [1.165, 1.54) is 29.0 Å². The summed E-state index contributed by atoms with van der Waals surface area (Å²) >= 11 is 8.04. The molecule has 2 aromatic heterocycles. The highest BCUT2D eigenvalue weighted by Gasteiger charge is 2.15. The molecule has 0 bridgehead atoms. The van der Waals surface area contributed by atoms with Gasteiger partial charge < -0.3 is 15.0 Å². The minimum Gasteiger partial charge on any atom is -0.478 e. The number of aromatic nitrogens is 3. The average Bonchev–Trinajstić information content (AvgIpc) is 3.13. The van der Waals surface area contributed by atoms with Crippen LogP contribution in [0.2, 0.25) is 5.02 Å². The SMILES string of the molecule is Cc1ccc(Cl)c2c1cc(C)n2CCNc1cc(-c2ccc(C(=O)O)c(SC(C)C)c2)ncn1. The summed E-state index contributed by atoms with van der Waals surface area (Å²) < 4.78 is 2.22. The van der Waals surface area contributed by atoms with Gasteiger partial charge in [0.25, 0.3) is 0 Å². The first-order chi connectivity index (χ1) is 16.2. The van der Waals surface area contributed by atoms with E-state index < -0.39 is 5.97 Å². The van der Waals surface area contributed by atoms with Crippen LogP contribution in [0, 0.1) is 13.8 Å². The van der Waals surface area contributed by atoms with Gasteiger partial charge in [0.05, 0.1) is 21.8 Å². The number of aromatic carboxylic acids is 1. The first kappa shape index (κ1) is 24.1. The molecule has 2 heterocycles. The van der Waals surface area contributed by atoms with Crippen molar-refractivity contribution in [1.29, 1.82) is 0 Å². The molecule has 34 heavy (non-hydrogen) atoms. The topological polar surface area (TPSA) is 80.0 Å². The Balaban J connectivity index is 1.53. The Bertz CT molecular complexity index is 1370. The number of thioether (sulfide) groups is 1. The predicted molar refractivity (Wildman–Crippen MR) is 140 cm³/mol. The summed E-state index contributed by atoms with van der Waals surface area (Å²) in [5, 5.41) is 15.1. The molecule has 4 aromatic rings. The van der Waals surface area contributed by atoms with E-state index in [-0.39, 0.29) is 5.25 Å². The Kier molecular flexibility index (Phi) is 7.14. The summed E-state index contributed by atoms with van der Waals surface area (Å²) in [6.45, 7) is 9.67. The first-order valence-electron chi connectivity index (χ1n) is 11.1. The maximum absolute atomic E-state index is 11.6. The molecule has 0 amide bonds. The second kappa shape index (κ2) is 10.1. The third-order valence-electron chi connectivity index (χ3n) is 5.61. The molecule has 0 saturated heterocycles. The summed E-state index contributed by atoms with van der Waals surface area (Å²) in [7, 11) is 0. The molecule has 176 valence electrons. The van der Waals surface area contributed by atoms with Crippen LogP contribution in [0.1, 0.15) is 35.5 Å². The van der Waals surface area contributed by atoms with Crippen LogP contribution in [0.4, 0.5) is 5.82 Å². The maximum atomic E-state index is 11.6. The summed E-state index contributed by atoms with van der Waals surface area (Å²) in [6.07, 6.45) is 1.52. The first-order valence-corrected chi connectivity index (χ1v) is 12.4. The number of halogens is 1. The molecule has 0 aliphatic rings. The lowest BCUT2D eigenvalue weighted by Gasteiger charge is -2.13. The highest BCUT2D eigenvalue weighted by molar-refractivity contribution is 8.00. The smallest absolute Gasteiger partial charge is 0.336 e. The van der Waals surface area contributed by atoms with E-state index in [4.69, 9.17) is 11.6 Å². The molecule has 0 aliphatic carbocycles. The molecule has 2 N–H and O–H groups in total. The van der Waals surface area contributed by atoms with Crippen molar-refractivity contribution in [2.75, 3.05) is 11.9 Å². The van der Waals surface area contributed by atoms with Crippen molar-refractivity contribution in [3.05, 3.63) is 70.6 Å². The van der Waals surface area contributed by atoms with Gasteiger partial charge in [-0.15, -0.1) is 11.8 Å². The number of carboxylic acid groups (broad SMARTS) is 1. The van der Waals surface area contributed by atoms with Crippen molar-refractivity contribution >= 4 is 46.1 Å². The van der Waals surface area contributed by atoms with Crippen molar-refractivity contribution in [3.63, 3.8) is 0 Å². The van der Waals surface area contributed by atoms with Gasteiger partial charge in [-0.2, -0.15) is 0 Å². The Labute approximate surface area is 208 Å². The lowest BCUT2D eigenvalue weighted by atomic mass is 10.1. The molecule has 0 aliphatic heterocycles. The Morgan fingerprint density at radius 1 is 1.15 bits per heavy atom. The fourth-order valence-corrected chi connectivity index (χ4v) is 5.26. The lowest BCUT2D eigenvalue weighted by Crippen LogP contribution is -2.12. The van der Waals surface area contributed by atoms with Crippen molar-refractivity contribution in [1.82, 2.24) is 14.5 Å². The molecule has 0 spiro atoms. The predicted octanol–water partition coefficient (Wildman–Crippen LogP) is 6.68. The highest BCUT2D eigenvalue weighted by atomic mass is 35.5. The van der Waals surface area contributed by atoms with Gasteiger partial charge in [-0.25, -0.2) is 14.8 Å². The number of nitrogens with one attached hydrogen (secondary N) is 1. The van der Waals surface area contributed by atoms with Crippen molar-refractivity contribution < 1.29 is 9.90 Å². The van der Waals surface area contributed by atoms with E-state index in [9.17, 15) is 9.90 Å². The molecule has 0 atom stereocenters. The van der Waals surface area contributed by atoms with Crippen LogP contribution >= 0.6 is 23.4 Å². The van der Waals surface area contributed by atoms with Gasteiger partial charge in [0, 0.05) is 45.9 Å². The summed E-state index contributed by atoms with van der Waals surface area (Å²) in [6, 6.07) is 13.4. The fraction of sp³-hybridized carbons (Fsp3) is 0.269. The number of hydrogen-bond acceptors (Lipinski definition) is 5. The maximum Gasteiger partial charge on any atom is 0.336 e. The lowest BCUT2D eigenvalue weighted by molar-refractivity contribution is 0.0693. The Morgan fingerprint density at radius 3 is 2.68 bits per heavy atom. The van der Waals surface area contributed by atoms with E-state index in [1.807, 2.05) is 38.1 Å². The van der Waals surface area contributed by atoms with E-state index in [1.54, 1.807) is 12.1 Å². The summed E-state index contributed by atoms with van der Waals surface area (Å²) in [4.78, 5) is 21.1. The zero-order chi connectivity index (χ0) is 24.4. The largest absolute Gasteiger partial charge is 0.478 e. The van der Waals surface area contributed by atoms with Gasteiger partial charge in [-0.3, -0.25) is 0 Å². The fourth-order valence-electron chi connectivity index (χ4n) is 4.01. The van der Waals surface area contributed by atoms with Crippen LogP contribution in [0.3, 0.4) is 0 Å².